The van der Waals surface area contributed by atoms with Gasteiger partial charge in [0, 0.05) is 12.1 Å². The molecular formula is C23H19Cl3N2O3S2. The number of benzene rings is 2. The van der Waals surface area contributed by atoms with Crippen LogP contribution in [0.5, 0.6) is 5.75 Å². The van der Waals surface area contributed by atoms with E-state index >= 15 is 0 Å². The van der Waals surface area contributed by atoms with Crippen molar-refractivity contribution < 1.29 is 14.3 Å². The third-order valence-corrected chi connectivity index (χ3v) is 6.46. The van der Waals surface area contributed by atoms with Crippen LogP contribution in [-0.4, -0.2) is 37.6 Å². The van der Waals surface area contributed by atoms with Gasteiger partial charge < -0.3 is 10.1 Å². The minimum absolute atomic E-state index is 0.166. The molecule has 5 nitrogen and oxygen atoms in total. The Balaban J connectivity index is 1.71. The van der Waals surface area contributed by atoms with Gasteiger partial charge >= 0.3 is 0 Å². The molecule has 0 radical (unpaired) electrons. The lowest BCUT2D eigenvalue weighted by Crippen LogP contribution is -2.47. The largest absolute Gasteiger partial charge is 0.466 e. The van der Waals surface area contributed by atoms with Crippen LogP contribution in [0.3, 0.4) is 0 Å². The van der Waals surface area contributed by atoms with Crippen molar-refractivity contribution in [3.63, 3.8) is 0 Å². The number of thiocarbonyl (C=S) groups is 1. The van der Waals surface area contributed by atoms with Crippen LogP contribution in [-0.2, 0) is 4.79 Å². The van der Waals surface area contributed by atoms with Gasteiger partial charge in [0.25, 0.3) is 11.8 Å². The van der Waals surface area contributed by atoms with Crippen molar-refractivity contribution >= 4 is 81.0 Å². The number of nitrogens with zero attached hydrogens (tertiary/aromatic N) is 1. The molecule has 1 N–H and O–H groups in total. The fourth-order valence-corrected chi connectivity index (χ4v) is 4.37. The number of carbonyl (C=O) groups is 2. The maximum Gasteiger partial charge on any atom is 0.266 e. The number of hydrogen-bond donors (Lipinski definition) is 1. The van der Waals surface area contributed by atoms with Crippen LogP contribution in [0.25, 0.3) is 6.08 Å². The van der Waals surface area contributed by atoms with Crippen molar-refractivity contribution in [3.05, 3.63) is 82.8 Å². The molecule has 0 unspecified atom stereocenters. The summed E-state index contributed by atoms with van der Waals surface area (Å²) >= 11 is 24.6. The standard InChI is InChI=1S/C23H19Cl3N2O3S2/c1-3-12-28-20(30)18(33-22(28)32)13-15-6-10-17(11-7-15)31-21(23(24,25)26)27-19(29)16-8-4-14(2)5-9-16/h3-11,13,21H,1,12H2,2H3,(H,27,29)/b18-13-/t21-/m0/s1. The minimum atomic E-state index is -1.92. The molecule has 0 saturated carbocycles. The maximum absolute atomic E-state index is 12.6. The third kappa shape index (κ3) is 6.74. The molecule has 2 aromatic carbocycles. The van der Waals surface area contributed by atoms with E-state index in [2.05, 4.69) is 11.9 Å². The van der Waals surface area contributed by atoms with Gasteiger partial charge in [0.15, 0.2) is 0 Å². The maximum atomic E-state index is 12.6. The van der Waals surface area contributed by atoms with Crippen LogP contribution in [0, 0.1) is 6.92 Å². The molecule has 2 amide bonds. The molecule has 0 bridgehead atoms. The van der Waals surface area contributed by atoms with E-state index in [9.17, 15) is 9.59 Å². The second kappa shape index (κ2) is 10.9. The van der Waals surface area contributed by atoms with E-state index in [-0.39, 0.29) is 5.91 Å². The fourth-order valence-electron chi connectivity index (χ4n) is 2.80. The van der Waals surface area contributed by atoms with E-state index in [4.69, 9.17) is 51.8 Å². The van der Waals surface area contributed by atoms with Crippen LogP contribution in [0.1, 0.15) is 21.5 Å². The van der Waals surface area contributed by atoms with Crippen molar-refractivity contribution in [1.82, 2.24) is 10.2 Å². The predicted octanol–water partition coefficient (Wildman–Crippen LogP) is 5.89. The number of aryl methyl sites for hydroxylation is 1. The molecule has 1 fully saturated rings. The average Bonchev–Trinajstić information content (AvgIpc) is 3.02. The molecule has 172 valence electrons. The molecule has 1 aliphatic rings. The lowest BCUT2D eigenvalue weighted by molar-refractivity contribution is -0.121. The van der Waals surface area contributed by atoms with Gasteiger partial charge in [0.05, 0.1) is 4.91 Å². The second-order valence-electron chi connectivity index (χ2n) is 7.03. The zero-order valence-electron chi connectivity index (χ0n) is 17.4. The van der Waals surface area contributed by atoms with Gasteiger partial charge in [0.2, 0.25) is 10.0 Å². The first kappa shape index (κ1) is 25.6. The topological polar surface area (TPSA) is 58.6 Å². The SMILES string of the molecule is C=CCN1C(=O)/C(=C/c2ccc(O[C@H](NC(=O)c3ccc(C)cc3)C(Cl)(Cl)Cl)cc2)SC1=S. The Hall–Kier alpha value is -2.03. The van der Waals surface area contributed by atoms with E-state index < -0.39 is 15.9 Å². The van der Waals surface area contributed by atoms with E-state index in [1.165, 1.54) is 16.7 Å². The molecule has 0 aliphatic carbocycles. The van der Waals surface area contributed by atoms with Crippen molar-refractivity contribution in [1.29, 1.82) is 0 Å². The number of thioether (sulfide) groups is 1. The van der Waals surface area contributed by atoms with Gasteiger partial charge in [-0.25, -0.2) is 0 Å². The summed E-state index contributed by atoms with van der Waals surface area (Å²) in [5, 5.41) is 2.60. The number of ether oxygens (including phenoxy) is 1. The molecule has 1 heterocycles. The quantitative estimate of drug-likeness (QED) is 0.156. The van der Waals surface area contributed by atoms with Crippen LogP contribution in [0.2, 0.25) is 0 Å². The summed E-state index contributed by atoms with van der Waals surface area (Å²) in [7, 11) is 0. The molecule has 10 heteroatoms. The number of amides is 2. The zero-order valence-corrected chi connectivity index (χ0v) is 21.3. The smallest absolute Gasteiger partial charge is 0.266 e. The van der Waals surface area contributed by atoms with Crippen molar-refractivity contribution in [2.24, 2.45) is 0 Å². The zero-order chi connectivity index (χ0) is 24.2. The summed E-state index contributed by atoms with van der Waals surface area (Å²) in [5.74, 6) is -0.239. The highest BCUT2D eigenvalue weighted by atomic mass is 35.6. The Bertz CT molecular complexity index is 1100. The summed E-state index contributed by atoms with van der Waals surface area (Å²) in [4.78, 5) is 27.0. The summed E-state index contributed by atoms with van der Waals surface area (Å²) in [6, 6.07) is 13.8. The highest BCUT2D eigenvalue weighted by molar-refractivity contribution is 8.26. The van der Waals surface area contributed by atoms with Crippen LogP contribution < -0.4 is 10.1 Å². The summed E-state index contributed by atoms with van der Waals surface area (Å²) in [5.41, 5.74) is 2.19. The molecule has 33 heavy (non-hydrogen) atoms. The number of hydrogen-bond acceptors (Lipinski definition) is 5. The Kier molecular flexibility index (Phi) is 8.48. The van der Waals surface area contributed by atoms with Gasteiger partial charge in [-0.15, -0.1) is 6.58 Å². The first-order valence-electron chi connectivity index (χ1n) is 9.65. The van der Waals surface area contributed by atoms with E-state index in [1.807, 2.05) is 19.1 Å². The monoisotopic (exact) mass is 540 g/mol. The van der Waals surface area contributed by atoms with Crippen molar-refractivity contribution in [3.8, 4) is 5.75 Å². The molecule has 1 aliphatic heterocycles. The normalized spacial score (nSPS) is 16.1. The van der Waals surface area contributed by atoms with Crippen LogP contribution in [0.15, 0.2) is 66.1 Å². The predicted molar refractivity (Wildman–Crippen MR) is 140 cm³/mol. The van der Waals surface area contributed by atoms with E-state index in [0.717, 1.165) is 11.1 Å². The number of carbonyl (C=O) groups excluding carboxylic acids is 2. The van der Waals surface area contributed by atoms with Gasteiger partial charge in [-0.2, -0.15) is 0 Å². The Labute approximate surface area is 216 Å². The fraction of sp³-hybridized carbons (Fsp3) is 0.174. The Morgan fingerprint density at radius 3 is 2.42 bits per heavy atom. The van der Waals surface area contributed by atoms with E-state index in [1.54, 1.807) is 48.6 Å². The lowest BCUT2D eigenvalue weighted by atomic mass is 10.1. The van der Waals surface area contributed by atoms with Crippen molar-refractivity contribution in [2.45, 2.75) is 16.9 Å². The van der Waals surface area contributed by atoms with Gasteiger partial charge in [-0.1, -0.05) is 94.7 Å². The highest BCUT2D eigenvalue weighted by Gasteiger charge is 2.36. The van der Waals surface area contributed by atoms with Crippen LogP contribution >= 0.6 is 58.8 Å². The number of halogens is 3. The molecule has 2 aromatic rings. The summed E-state index contributed by atoms with van der Waals surface area (Å²) in [6.07, 6.45) is 2.12. The minimum Gasteiger partial charge on any atom is -0.466 e. The molecule has 1 saturated heterocycles. The number of nitrogens with one attached hydrogen (secondary N) is 1. The molecular weight excluding hydrogens is 523 g/mol. The highest BCUT2D eigenvalue weighted by Crippen LogP contribution is 2.34. The first-order chi connectivity index (χ1) is 15.6. The Morgan fingerprint density at radius 1 is 1.21 bits per heavy atom. The lowest BCUT2D eigenvalue weighted by Gasteiger charge is -2.26. The second-order valence-corrected chi connectivity index (χ2v) is 11.1. The van der Waals surface area contributed by atoms with Gasteiger partial charge in [0.1, 0.15) is 10.1 Å². The third-order valence-electron chi connectivity index (χ3n) is 4.49. The van der Waals surface area contributed by atoms with E-state index in [0.29, 0.717) is 27.1 Å². The number of alkyl halides is 3. The molecule has 3 rings (SSSR count). The van der Waals surface area contributed by atoms with Crippen LogP contribution in [0.4, 0.5) is 0 Å². The van der Waals surface area contributed by atoms with Gasteiger partial charge in [-0.3, -0.25) is 14.5 Å². The summed E-state index contributed by atoms with van der Waals surface area (Å²) < 4.78 is 4.31. The van der Waals surface area contributed by atoms with Gasteiger partial charge in [-0.05, 0) is 42.8 Å². The van der Waals surface area contributed by atoms with Crippen molar-refractivity contribution in [2.75, 3.05) is 6.54 Å². The summed E-state index contributed by atoms with van der Waals surface area (Å²) in [6.45, 7) is 5.92. The average molecular weight is 542 g/mol. The molecule has 0 aromatic heterocycles. The first-order valence-corrected chi connectivity index (χ1v) is 12.0. The number of rotatable bonds is 7. The Morgan fingerprint density at radius 2 is 1.85 bits per heavy atom. The molecule has 1 atom stereocenters. The molecule has 0 spiro atoms.